The van der Waals surface area contributed by atoms with Gasteiger partial charge in [-0.25, -0.2) is 4.98 Å². The van der Waals surface area contributed by atoms with Crippen LogP contribution in [0.5, 0.6) is 5.75 Å². The fraction of sp³-hybridized carbons (Fsp3) is 0.357. The SMILES string of the molecule is CNC(Cc1ccc(OC)cc1)Cc1nccs1. The number of thiazole rings is 1. The van der Waals surface area contributed by atoms with E-state index in [1.54, 1.807) is 18.4 Å². The predicted molar refractivity (Wildman–Crippen MR) is 75.4 cm³/mol. The molecule has 1 N–H and O–H groups in total. The Bertz CT molecular complexity index is 453. The number of aromatic nitrogens is 1. The number of ether oxygens (including phenoxy) is 1. The van der Waals surface area contributed by atoms with Crippen molar-refractivity contribution in [3.05, 3.63) is 46.4 Å². The fourth-order valence-electron chi connectivity index (χ4n) is 1.89. The Morgan fingerprint density at radius 3 is 2.61 bits per heavy atom. The van der Waals surface area contributed by atoms with Crippen LogP contribution in [0.15, 0.2) is 35.8 Å². The highest BCUT2D eigenvalue weighted by molar-refractivity contribution is 7.09. The summed E-state index contributed by atoms with van der Waals surface area (Å²) < 4.78 is 5.16. The van der Waals surface area contributed by atoms with Crippen molar-refractivity contribution < 1.29 is 4.74 Å². The summed E-state index contributed by atoms with van der Waals surface area (Å²) in [6.45, 7) is 0. The van der Waals surface area contributed by atoms with Gasteiger partial charge in [-0.15, -0.1) is 11.3 Å². The average molecular weight is 262 g/mol. The van der Waals surface area contributed by atoms with Crippen LogP contribution in [0.1, 0.15) is 10.6 Å². The van der Waals surface area contributed by atoms with Crippen LogP contribution >= 0.6 is 11.3 Å². The minimum atomic E-state index is 0.421. The first-order chi connectivity index (χ1) is 8.81. The molecule has 0 aliphatic heterocycles. The van der Waals surface area contributed by atoms with E-state index in [1.165, 1.54) is 10.6 Å². The van der Waals surface area contributed by atoms with Crippen LogP contribution in [0, 0.1) is 0 Å². The van der Waals surface area contributed by atoms with Gasteiger partial charge in [0.2, 0.25) is 0 Å². The monoisotopic (exact) mass is 262 g/mol. The molecule has 0 saturated heterocycles. The van der Waals surface area contributed by atoms with Crippen molar-refractivity contribution >= 4 is 11.3 Å². The highest BCUT2D eigenvalue weighted by Crippen LogP contribution is 2.15. The van der Waals surface area contributed by atoms with E-state index in [9.17, 15) is 0 Å². The van der Waals surface area contributed by atoms with Crippen molar-refractivity contribution in [2.45, 2.75) is 18.9 Å². The molecule has 1 aromatic heterocycles. The number of methoxy groups -OCH3 is 1. The van der Waals surface area contributed by atoms with Gasteiger partial charge >= 0.3 is 0 Å². The van der Waals surface area contributed by atoms with Gasteiger partial charge in [0.05, 0.1) is 12.1 Å². The Morgan fingerprint density at radius 1 is 1.28 bits per heavy atom. The number of nitrogens with zero attached hydrogens (tertiary/aromatic N) is 1. The van der Waals surface area contributed by atoms with Crippen molar-refractivity contribution in [3.8, 4) is 5.75 Å². The van der Waals surface area contributed by atoms with Gasteiger partial charge in [-0.2, -0.15) is 0 Å². The van der Waals surface area contributed by atoms with Gasteiger partial charge in [0.15, 0.2) is 0 Å². The lowest BCUT2D eigenvalue weighted by atomic mass is 10.0. The highest BCUT2D eigenvalue weighted by atomic mass is 32.1. The summed E-state index contributed by atoms with van der Waals surface area (Å²) in [6.07, 6.45) is 3.83. The number of hydrogen-bond donors (Lipinski definition) is 1. The molecule has 1 atom stereocenters. The summed E-state index contributed by atoms with van der Waals surface area (Å²) in [5.74, 6) is 0.902. The van der Waals surface area contributed by atoms with Crippen molar-refractivity contribution in [2.24, 2.45) is 0 Å². The van der Waals surface area contributed by atoms with Gasteiger partial charge in [-0.3, -0.25) is 0 Å². The van der Waals surface area contributed by atoms with Crippen LogP contribution in [0.2, 0.25) is 0 Å². The molecule has 0 aliphatic rings. The van der Waals surface area contributed by atoms with Crippen LogP contribution in [0.25, 0.3) is 0 Å². The lowest BCUT2D eigenvalue weighted by Crippen LogP contribution is -2.29. The van der Waals surface area contributed by atoms with Gasteiger partial charge in [0, 0.05) is 24.0 Å². The first-order valence-electron chi connectivity index (χ1n) is 6.00. The van der Waals surface area contributed by atoms with Crippen molar-refractivity contribution in [3.63, 3.8) is 0 Å². The van der Waals surface area contributed by atoms with Crippen LogP contribution in [0.4, 0.5) is 0 Å². The second kappa shape index (κ2) is 6.52. The molecule has 0 radical (unpaired) electrons. The minimum absolute atomic E-state index is 0.421. The zero-order valence-electron chi connectivity index (χ0n) is 10.7. The van der Waals surface area contributed by atoms with E-state index < -0.39 is 0 Å². The number of nitrogens with one attached hydrogen (secondary N) is 1. The summed E-state index contributed by atoms with van der Waals surface area (Å²) >= 11 is 1.71. The molecule has 18 heavy (non-hydrogen) atoms. The van der Waals surface area contributed by atoms with Crippen LogP contribution in [-0.2, 0) is 12.8 Å². The molecule has 0 aliphatic carbocycles. The topological polar surface area (TPSA) is 34.1 Å². The Balaban J connectivity index is 1.96. The summed E-state index contributed by atoms with van der Waals surface area (Å²) in [6, 6.07) is 8.66. The van der Waals surface area contributed by atoms with Gasteiger partial charge in [0.1, 0.15) is 5.75 Å². The van der Waals surface area contributed by atoms with Crippen LogP contribution < -0.4 is 10.1 Å². The molecule has 2 aromatic rings. The van der Waals surface area contributed by atoms with Crippen molar-refractivity contribution in [2.75, 3.05) is 14.2 Å². The first kappa shape index (κ1) is 13.1. The van der Waals surface area contributed by atoms with Gasteiger partial charge < -0.3 is 10.1 Å². The molecular weight excluding hydrogens is 244 g/mol. The molecule has 1 unspecified atom stereocenters. The first-order valence-corrected chi connectivity index (χ1v) is 6.88. The number of likely N-dealkylation sites (N-methyl/N-ethyl adjacent to an activating group) is 1. The minimum Gasteiger partial charge on any atom is -0.497 e. The number of rotatable bonds is 6. The third-order valence-electron chi connectivity index (χ3n) is 2.95. The summed E-state index contributed by atoms with van der Waals surface area (Å²) in [5, 5.41) is 6.56. The second-order valence-corrected chi connectivity index (χ2v) is 5.15. The van der Waals surface area contributed by atoms with Gasteiger partial charge in [0.25, 0.3) is 0 Å². The molecule has 0 bridgehead atoms. The van der Waals surface area contributed by atoms with E-state index in [4.69, 9.17) is 4.74 Å². The molecule has 1 aromatic carbocycles. The second-order valence-electron chi connectivity index (χ2n) is 4.17. The van der Waals surface area contributed by atoms with E-state index in [0.717, 1.165) is 18.6 Å². The van der Waals surface area contributed by atoms with Crippen LogP contribution in [-0.4, -0.2) is 25.2 Å². The predicted octanol–water partition coefficient (Wildman–Crippen LogP) is 2.52. The maximum Gasteiger partial charge on any atom is 0.118 e. The van der Waals surface area contributed by atoms with E-state index in [2.05, 4.69) is 22.4 Å². The fourth-order valence-corrected chi connectivity index (χ4v) is 2.58. The van der Waals surface area contributed by atoms with E-state index in [1.807, 2.05) is 30.8 Å². The molecule has 3 nitrogen and oxygen atoms in total. The Kier molecular flexibility index (Phi) is 4.73. The molecule has 96 valence electrons. The standard InChI is InChI=1S/C14H18N2OS/c1-15-12(10-14-16-7-8-18-14)9-11-3-5-13(17-2)6-4-11/h3-8,12,15H,9-10H2,1-2H3. The normalized spacial score (nSPS) is 12.3. The van der Waals surface area contributed by atoms with Crippen LogP contribution in [0.3, 0.4) is 0 Å². The zero-order valence-corrected chi connectivity index (χ0v) is 11.5. The largest absolute Gasteiger partial charge is 0.497 e. The summed E-state index contributed by atoms with van der Waals surface area (Å²) in [5.41, 5.74) is 1.31. The highest BCUT2D eigenvalue weighted by Gasteiger charge is 2.10. The zero-order chi connectivity index (χ0) is 12.8. The van der Waals surface area contributed by atoms with E-state index >= 15 is 0 Å². The smallest absolute Gasteiger partial charge is 0.118 e. The quantitative estimate of drug-likeness (QED) is 0.868. The lowest BCUT2D eigenvalue weighted by molar-refractivity contribution is 0.414. The van der Waals surface area contributed by atoms with Gasteiger partial charge in [-0.1, -0.05) is 12.1 Å². The maximum atomic E-state index is 5.16. The molecule has 0 fully saturated rings. The molecule has 0 spiro atoms. The Hall–Kier alpha value is -1.39. The van der Waals surface area contributed by atoms with Crippen molar-refractivity contribution in [1.82, 2.24) is 10.3 Å². The molecule has 4 heteroatoms. The lowest BCUT2D eigenvalue weighted by Gasteiger charge is -2.15. The maximum absolute atomic E-state index is 5.16. The van der Waals surface area contributed by atoms with E-state index in [0.29, 0.717) is 6.04 Å². The molecule has 1 heterocycles. The van der Waals surface area contributed by atoms with E-state index in [-0.39, 0.29) is 0 Å². The Labute approximate surface area is 112 Å². The molecular formula is C14H18N2OS. The van der Waals surface area contributed by atoms with Crippen molar-refractivity contribution in [1.29, 1.82) is 0 Å². The third kappa shape index (κ3) is 3.55. The van der Waals surface area contributed by atoms with Gasteiger partial charge in [-0.05, 0) is 31.2 Å². The Morgan fingerprint density at radius 2 is 2.06 bits per heavy atom. The summed E-state index contributed by atoms with van der Waals surface area (Å²) in [7, 11) is 3.69. The number of hydrogen-bond acceptors (Lipinski definition) is 4. The molecule has 2 rings (SSSR count). The average Bonchev–Trinajstić information content (AvgIpc) is 2.91. The molecule has 0 saturated carbocycles. The molecule has 0 amide bonds. The third-order valence-corrected chi connectivity index (χ3v) is 3.76. The summed E-state index contributed by atoms with van der Waals surface area (Å²) in [4.78, 5) is 4.33. The number of benzene rings is 1.